The van der Waals surface area contributed by atoms with Crippen LogP contribution < -0.4 is 0 Å². The Bertz CT molecular complexity index is 1340. The molecule has 1 fully saturated rings. The molecule has 4 rings (SSSR count). The molecule has 1 aromatic rings. The summed E-state index contributed by atoms with van der Waals surface area (Å²) in [6.45, 7) is 9.59. The van der Waals surface area contributed by atoms with Crippen LogP contribution in [0.2, 0.25) is 0 Å². The van der Waals surface area contributed by atoms with Crippen LogP contribution in [0.15, 0.2) is 59.2 Å². The van der Waals surface area contributed by atoms with Crippen molar-refractivity contribution in [3.05, 3.63) is 64.8 Å². The number of Topliss-reactive ketones (excluding diaryl/α,β-unsaturated/α-hetero) is 1. The molecule has 9 nitrogen and oxygen atoms in total. The number of hydrogen-bond donors (Lipinski definition) is 2. The summed E-state index contributed by atoms with van der Waals surface area (Å²) in [7, 11) is 0. The van der Waals surface area contributed by atoms with Gasteiger partial charge in [-0.1, -0.05) is 44.2 Å². The van der Waals surface area contributed by atoms with E-state index in [0.29, 0.717) is 16.7 Å². The molecule has 5 unspecified atom stereocenters. The maximum absolute atomic E-state index is 14.0. The van der Waals surface area contributed by atoms with Gasteiger partial charge in [-0.2, -0.15) is 0 Å². The molecule has 7 atom stereocenters. The lowest BCUT2D eigenvalue weighted by atomic mass is 9.57. The van der Waals surface area contributed by atoms with E-state index in [1.165, 1.54) is 19.9 Å². The van der Waals surface area contributed by atoms with Crippen LogP contribution in [-0.2, 0) is 33.4 Å². The van der Waals surface area contributed by atoms with E-state index in [2.05, 4.69) is 0 Å². The van der Waals surface area contributed by atoms with Gasteiger partial charge in [-0.3, -0.25) is 14.4 Å². The maximum atomic E-state index is 14.0. The number of ketones is 1. The Hall–Kier alpha value is -3.56. The van der Waals surface area contributed by atoms with Gasteiger partial charge in [0.15, 0.2) is 5.78 Å². The second-order valence-electron chi connectivity index (χ2n) is 12.4. The third kappa shape index (κ3) is 6.13. The number of ether oxygens (including phenoxy) is 3. The molecule has 0 aromatic heterocycles. The molecule has 1 saturated carbocycles. The summed E-state index contributed by atoms with van der Waals surface area (Å²) in [5.41, 5.74) is -0.0597. The average molecular weight is 581 g/mol. The molecule has 0 radical (unpaired) electrons. The fraction of sp³-hybridized carbons (Fsp3) is 0.515. The SMILES string of the molecule is CC(=O)OC1C[C@H]2C(OC(C)=O)/C=C3\C[C@](C)(C(=O)C(O)C(=C1C)C2(C)C)C(O)CC3OC(=O)/C=C/c1ccccc1. The zero-order valence-corrected chi connectivity index (χ0v) is 25.0. The summed E-state index contributed by atoms with van der Waals surface area (Å²) in [5.74, 6) is -2.80. The van der Waals surface area contributed by atoms with Gasteiger partial charge in [0.05, 0.1) is 11.5 Å². The first-order valence-corrected chi connectivity index (χ1v) is 14.3. The number of benzene rings is 1. The third-order valence-corrected chi connectivity index (χ3v) is 9.09. The molecule has 3 aliphatic rings. The number of aliphatic hydroxyl groups excluding tert-OH is 2. The largest absolute Gasteiger partial charge is 0.458 e. The topological polar surface area (TPSA) is 136 Å². The highest BCUT2D eigenvalue weighted by atomic mass is 16.6. The fourth-order valence-corrected chi connectivity index (χ4v) is 6.83. The summed E-state index contributed by atoms with van der Waals surface area (Å²) in [5, 5.41) is 22.9. The summed E-state index contributed by atoms with van der Waals surface area (Å²) in [6, 6.07) is 9.22. The zero-order chi connectivity index (χ0) is 31.0. The summed E-state index contributed by atoms with van der Waals surface area (Å²) in [6.07, 6.45) is -0.588. The van der Waals surface area contributed by atoms with Crippen molar-refractivity contribution in [2.45, 2.75) is 91.3 Å². The molecule has 0 saturated heterocycles. The highest BCUT2D eigenvalue weighted by Gasteiger charge is 2.56. The first-order valence-electron chi connectivity index (χ1n) is 14.3. The minimum atomic E-state index is -1.61. The number of esters is 3. The zero-order valence-electron chi connectivity index (χ0n) is 25.0. The molecule has 226 valence electrons. The minimum Gasteiger partial charge on any atom is -0.458 e. The lowest BCUT2D eigenvalue weighted by molar-refractivity contribution is -0.157. The molecule has 42 heavy (non-hydrogen) atoms. The second kappa shape index (κ2) is 12.0. The molecule has 0 spiro atoms. The Morgan fingerprint density at radius 3 is 2.19 bits per heavy atom. The van der Waals surface area contributed by atoms with Crippen LogP contribution >= 0.6 is 0 Å². The van der Waals surface area contributed by atoms with Crippen LogP contribution in [0, 0.1) is 16.7 Å². The van der Waals surface area contributed by atoms with E-state index in [4.69, 9.17) is 14.2 Å². The predicted molar refractivity (Wildman–Crippen MR) is 153 cm³/mol. The Balaban J connectivity index is 1.82. The minimum absolute atomic E-state index is 0.0188. The van der Waals surface area contributed by atoms with Gasteiger partial charge in [0.25, 0.3) is 0 Å². The Labute approximate surface area is 246 Å². The summed E-state index contributed by atoms with van der Waals surface area (Å²) in [4.78, 5) is 51.3. The number of aliphatic hydroxyl groups is 2. The summed E-state index contributed by atoms with van der Waals surface area (Å²) < 4.78 is 17.2. The number of carbonyl (C=O) groups is 4. The van der Waals surface area contributed by atoms with Gasteiger partial charge < -0.3 is 24.4 Å². The first-order chi connectivity index (χ1) is 19.6. The molecular formula is C33H40O9. The molecule has 3 aliphatic carbocycles. The third-order valence-electron chi connectivity index (χ3n) is 9.09. The normalized spacial score (nSPS) is 33.8. The van der Waals surface area contributed by atoms with E-state index in [1.807, 2.05) is 44.2 Å². The Kier molecular flexibility index (Phi) is 8.94. The molecule has 4 bridgehead atoms. The van der Waals surface area contributed by atoms with E-state index < -0.39 is 71.0 Å². The second-order valence-corrected chi connectivity index (χ2v) is 12.4. The predicted octanol–water partition coefficient (Wildman–Crippen LogP) is 3.87. The van der Waals surface area contributed by atoms with Crippen molar-refractivity contribution < 1.29 is 43.6 Å². The highest BCUT2D eigenvalue weighted by molar-refractivity contribution is 5.93. The molecular weight excluding hydrogens is 540 g/mol. The van der Waals surface area contributed by atoms with E-state index in [0.717, 1.165) is 5.56 Å². The Morgan fingerprint density at radius 2 is 1.57 bits per heavy atom. The number of rotatable bonds is 5. The van der Waals surface area contributed by atoms with Crippen LogP contribution in [0.5, 0.6) is 0 Å². The molecule has 2 N–H and O–H groups in total. The van der Waals surface area contributed by atoms with Crippen LogP contribution in [-0.4, -0.2) is 64.4 Å². The van der Waals surface area contributed by atoms with Crippen molar-refractivity contribution in [2.75, 3.05) is 0 Å². The van der Waals surface area contributed by atoms with E-state index >= 15 is 0 Å². The van der Waals surface area contributed by atoms with Crippen LogP contribution in [0.4, 0.5) is 0 Å². The maximum Gasteiger partial charge on any atom is 0.331 e. The van der Waals surface area contributed by atoms with Gasteiger partial charge in [0, 0.05) is 32.3 Å². The van der Waals surface area contributed by atoms with Crippen molar-refractivity contribution in [3.63, 3.8) is 0 Å². The molecule has 0 heterocycles. The lowest BCUT2D eigenvalue weighted by Crippen LogP contribution is -2.56. The van der Waals surface area contributed by atoms with Gasteiger partial charge in [0.2, 0.25) is 0 Å². The van der Waals surface area contributed by atoms with Crippen molar-refractivity contribution in [3.8, 4) is 0 Å². The molecule has 0 aliphatic heterocycles. The van der Waals surface area contributed by atoms with Crippen LogP contribution in [0.1, 0.15) is 66.4 Å². The van der Waals surface area contributed by atoms with Crippen LogP contribution in [0.25, 0.3) is 6.08 Å². The number of carbonyl (C=O) groups excluding carboxylic acids is 4. The fourth-order valence-electron chi connectivity index (χ4n) is 6.83. The number of hydrogen-bond acceptors (Lipinski definition) is 9. The van der Waals surface area contributed by atoms with E-state index in [-0.39, 0.29) is 19.3 Å². The van der Waals surface area contributed by atoms with Crippen molar-refractivity contribution in [1.82, 2.24) is 0 Å². The Morgan fingerprint density at radius 1 is 0.929 bits per heavy atom. The standard InChI is InChI=1S/C33H40O9/c1-18-24(40-19(2)34)15-23-26(41-20(3)35)14-22-17-33(6,31(39)30(38)29(18)32(23,4)5)27(36)16-25(22)42-28(37)13-12-21-10-8-7-9-11-21/h7-14,23-27,30,36,38H,15-17H2,1-6H3/b13-12+,22-14+/t23-,24?,25?,26?,27?,30?,33-/m0/s1. The average Bonchev–Trinajstić information content (AvgIpc) is 2.90. The van der Waals surface area contributed by atoms with Gasteiger partial charge >= 0.3 is 17.9 Å². The van der Waals surface area contributed by atoms with E-state index in [1.54, 1.807) is 26.0 Å². The van der Waals surface area contributed by atoms with Crippen LogP contribution in [0.3, 0.4) is 0 Å². The highest BCUT2D eigenvalue weighted by Crippen LogP contribution is 2.53. The van der Waals surface area contributed by atoms with Gasteiger partial charge in [-0.15, -0.1) is 0 Å². The van der Waals surface area contributed by atoms with Crippen molar-refractivity contribution in [1.29, 1.82) is 0 Å². The van der Waals surface area contributed by atoms with Gasteiger partial charge in [-0.05, 0) is 66.5 Å². The van der Waals surface area contributed by atoms with Gasteiger partial charge in [0.1, 0.15) is 24.4 Å². The molecule has 9 heteroatoms. The smallest absolute Gasteiger partial charge is 0.331 e. The van der Waals surface area contributed by atoms with Crippen molar-refractivity contribution in [2.24, 2.45) is 16.7 Å². The summed E-state index contributed by atoms with van der Waals surface area (Å²) >= 11 is 0. The van der Waals surface area contributed by atoms with Crippen molar-refractivity contribution >= 4 is 29.8 Å². The monoisotopic (exact) mass is 580 g/mol. The molecule has 0 amide bonds. The van der Waals surface area contributed by atoms with Gasteiger partial charge in [-0.25, -0.2) is 4.79 Å². The first kappa shape index (κ1) is 31.4. The van der Waals surface area contributed by atoms with E-state index in [9.17, 15) is 29.4 Å². The number of fused-ring (bicyclic) bond motifs is 4. The lowest BCUT2D eigenvalue weighted by Gasteiger charge is -2.50. The molecule has 1 aromatic carbocycles. The quantitative estimate of drug-likeness (QED) is 0.230.